The van der Waals surface area contributed by atoms with Crippen LogP contribution in [0.5, 0.6) is 5.75 Å². The zero-order chi connectivity index (χ0) is 17.8. The molecule has 2 amide bonds. The standard InChI is InChI=1S/C19H19ClN2O3/c1-25-17-8-7-14(20)11-16(17)21-18(23)9-6-13-10-12-4-2-3-5-15(12)22-19(13)24/h2-5,7-8,11,13H,6,9-10H2,1H3,(H,21,23)(H,22,24)/t13-/m1/s1. The molecule has 5 nitrogen and oxygen atoms in total. The number of carbonyl (C=O) groups excluding carboxylic acids is 2. The molecule has 0 bridgehead atoms. The molecule has 2 aromatic rings. The Balaban J connectivity index is 1.60. The van der Waals surface area contributed by atoms with Gasteiger partial charge >= 0.3 is 0 Å². The van der Waals surface area contributed by atoms with Crippen molar-refractivity contribution in [1.82, 2.24) is 0 Å². The van der Waals surface area contributed by atoms with Crippen LogP contribution in [-0.4, -0.2) is 18.9 Å². The van der Waals surface area contributed by atoms with Crippen LogP contribution in [0.3, 0.4) is 0 Å². The van der Waals surface area contributed by atoms with Gasteiger partial charge in [-0.05, 0) is 42.7 Å². The number of amides is 2. The number of nitrogens with one attached hydrogen (secondary N) is 2. The topological polar surface area (TPSA) is 67.4 Å². The van der Waals surface area contributed by atoms with Gasteiger partial charge in [0.05, 0.1) is 12.8 Å². The summed E-state index contributed by atoms with van der Waals surface area (Å²) in [4.78, 5) is 24.4. The van der Waals surface area contributed by atoms with E-state index < -0.39 is 0 Å². The van der Waals surface area contributed by atoms with Gasteiger partial charge in [0.15, 0.2) is 0 Å². The first kappa shape index (κ1) is 17.3. The van der Waals surface area contributed by atoms with Gasteiger partial charge in [-0.15, -0.1) is 0 Å². The molecule has 1 heterocycles. The molecule has 0 saturated heterocycles. The fraction of sp³-hybridized carbons (Fsp3) is 0.263. The van der Waals surface area contributed by atoms with Gasteiger partial charge in [-0.1, -0.05) is 29.8 Å². The van der Waals surface area contributed by atoms with Crippen LogP contribution in [0.2, 0.25) is 5.02 Å². The average Bonchev–Trinajstić information content (AvgIpc) is 2.60. The average molecular weight is 359 g/mol. The van der Waals surface area contributed by atoms with Crippen molar-refractivity contribution >= 4 is 34.8 Å². The largest absolute Gasteiger partial charge is 0.495 e. The molecule has 0 spiro atoms. The second-order valence-electron chi connectivity index (χ2n) is 5.98. The second kappa shape index (κ2) is 7.57. The number of carbonyl (C=O) groups is 2. The molecule has 0 radical (unpaired) electrons. The Labute approximate surface area is 151 Å². The number of ether oxygens (including phenoxy) is 1. The number of hydrogen-bond acceptors (Lipinski definition) is 3. The summed E-state index contributed by atoms with van der Waals surface area (Å²) < 4.78 is 5.21. The summed E-state index contributed by atoms with van der Waals surface area (Å²) in [6, 6.07) is 12.8. The molecule has 3 rings (SSSR count). The number of para-hydroxylation sites is 1. The highest BCUT2D eigenvalue weighted by Gasteiger charge is 2.26. The fourth-order valence-corrected chi connectivity index (χ4v) is 3.11. The quantitative estimate of drug-likeness (QED) is 0.852. The van der Waals surface area contributed by atoms with Crippen LogP contribution in [0.1, 0.15) is 18.4 Å². The SMILES string of the molecule is COc1ccc(Cl)cc1NC(=O)CC[C@@H]1Cc2ccccc2NC1=O. The van der Waals surface area contributed by atoms with Crippen molar-refractivity contribution in [2.45, 2.75) is 19.3 Å². The minimum atomic E-state index is -0.207. The summed E-state index contributed by atoms with van der Waals surface area (Å²) in [6.07, 6.45) is 1.38. The van der Waals surface area contributed by atoms with Gasteiger partial charge in [0, 0.05) is 23.0 Å². The number of rotatable bonds is 5. The fourth-order valence-electron chi connectivity index (χ4n) is 2.94. The lowest BCUT2D eigenvalue weighted by atomic mass is 9.89. The van der Waals surface area contributed by atoms with E-state index in [1.54, 1.807) is 18.2 Å². The number of fused-ring (bicyclic) bond motifs is 1. The number of hydrogen-bond donors (Lipinski definition) is 2. The van der Waals surface area contributed by atoms with Gasteiger partial charge in [0.1, 0.15) is 5.75 Å². The highest BCUT2D eigenvalue weighted by molar-refractivity contribution is 6.31. The maximum absolute atomic E-state index is 12.2. The van der Waals surface area contributed by atoms with Crippen molar-refractivity contribution < 1.29 is 14.3 Å². The molecule has 0 saturated carbocycles. The van der Waals surface area contributed by atoms with E-state index in [1.165, 1.54) is 7.11 Å². The highest BCUT2D eigenvalue weighted by atomic mass is 35.5. The Hall–Kier alpha value is -2.53. The van der Waals surface area contributed by atoms with E-state index in [1.807, 2.05) is 24.3 Å². The molecule has 6 heteroatoms. The minimum absolute atomic E-state index is 0.0353. The molecule has 1 aliphatic heterocycles. The van der Waals surface area contributed by atoms with Crippen LogP contribution < -0.4 is 15.4 Å². The number of anilines is 2. The van der Waals surface area contributed by atoms with E-state index in [2.05, 4.69) is 10.6 Å². The van der Waals surface area contributed by atoms with Crippen LogP contribution in [0.15, 0.2) is 42.5 Å². The van der Waals surface area contributed by atoms with Crippen molar-refractivity contribution in [2.24, 2.45) is 5.92 Å². The van der Waals surface area contributed by atoms with Gasteiger partial charge in [0.25, 0.3) is 0 Å². The minimum Gasteiger partial charge on any atom is -0.495 e. The third kappa shape index (κ3) is 4.12. The summed E-state index contributed by atoms with van der Waals surface area (Å²) in [6.45, 7) is 0. The summed E-state index contributed by atoms with van der Waals surface area (Å²) in [5.41, 5.74) is 2.49. The zero-order valence-electron chi connectivity index (χ0n) is 13.8. The van der Waals surface area contributed by atoms with Gasteiger partial charge < -0.3 is 15.4 Å². The van der Waals surface area contributed by atoms with Gasteiger partial charge in [-0.25, -0.2) is 0 Å². The first-order chi connectivity index (χ1) is 12.1. The van der Waals surface area contributed by atoms with Gasteiger partial charge in [-0.2, -0.15) is 0 Å². The predicted octanol–water partition coefficient (Wildman–Crippen LogP) is 3.88. The van der Waals surface area contributed by atoms with Gasteiger partial charge in [-0.3, -0.25) is 9.59 Å². The zero-order valence-corrected chi connectivity index (χ0v) is 14.6. The maximum Gasteiger partial charge on any atom is 0.227 e. The normalized spacial score (nSPS) is 15.9. The highest BCUT2D eigenvalue weighted by Crippen LogP contribution is 2.29. The third-order valence-electron chi connectivity index (χ3n) is 4.27. The summed E-state index contributed by atoms with van der Waals surface area (Å²) in [5, 5.41) is 6.21. The Bertz CT molecular complexity index is 807. The molecule has 0 fully saturated rings. The molecular formula is C19H19ClN2O3. The Kier molecular flexibility index (Phi) is 5.24. The monoisotopic (exact) mass is 358 g/mol. The van der Waals surface area contributed by atoms with Crippen LogP contribution in [0.25, 0.3) is 0 Å². The molecule has 2 aromatic carbocycles. The molecule has 1 aliphatic rings. The van der Waals surface area contributed by atoms with E-state index in [4.69, 9.17) is 16.3 Å². The summed E-state index contributed by atoms with van der Waals surface area (Å²) >= 11 is 5.96. The lowest BCUT2D eigenvalue weighted by Crippen LogP contribution is -2.30. The van der Waals surface area contributed by atoms with E-state index in [0.29, 0.717) is 29.3 Å². The Morgan fingerprint density at radius 2 is 2.12 bits per heavy atom. The van der Waals surface area contributed by atoms with Crippen molar-refractivity contribution in [3.8, 4) is 5.75 Å². The number of methoxy groups -OCH3 is 1. The van der Waals surface area contributed by atoms with E-state index >= 15 is 0 Å². The third-order valence-corrected chi connectivity index (χ3v) is 4.50. The van der Waals surface area contributed by atoms with E-state index in [0.717, 1.165) is 11.3 Å². The predicted molar refractivity (Wildman–Crippen MR) is 98.1 cm³/mol. The smallest absolute Gasteiger partial charge is 0.227 e. The van der Waals surface area contributed by atoms with Crippen LogP contribution in [0.4, 0.5) is 11.4 Å². The molecule has 130 valence electrons. The number of halogens is 1. The molecule has 1 atom stereocenters. The Morgan fingerprint density at radius 3 is 2.92 bits per heavy atom. The second-order valence-corrected chi connectivity index (χ2v) is 6.42. The molecule has 25 heavy (non-hydrogen) atoms. The first-order valence-corrected chi connectivity index (χ1v) is 8.47. The van der Waals surface area contributed by atoms with Crippen molar-refractivity contribution in [3.63, 3.8) is 0 Å². The molecule has 0 aliphatic carbocycles. The lowest BCUT2D eigenvalue weighted by Gasteiger charge is -2.24. The van der Waals surface area contributed by atoms with E-state index in [-0.39, 0.29) is 24.2 Å². The van der Waals surface area contributed by atoms with Crippen molar-refractivity contribution in [2.75, 3.05) is 17.7 Å². The van der Waals surface area contributed by atoms with Crippen LogP contribution >= 0.6 is 11.6 Å². The molecule has 0 aromatic heterocycles. The summed E-state index contributed by atoms with van der Waals surface area (Å²) in [5.74, 6) is 0.128. The molecular weight excluding hydrogens is 340 g/mol. The molecule has 0 unspecified atom stereocenters. The van der Waals surface area contributed by atoms with Crippen molar-refractivity contribution in [3.05, 3.63) is 53.1 Å². The maximum atomic E-state index is 12.2. The van der Waals surface area contributed by atoms with Crippen LogP contribution in [0, 0.1) is 5.92 Å². The Morgan fingerprint density at radius 1 is 1.32 bits per heavy atom. The van der Waals surface area contributed by atoms with Crippen LogP contribution in [-0.2, 0) is 16.0 Å². The van der Waals surface area contributed by atoms with Gasteiger partial charge in [0.2, 0.25) is 11.8 Å². The number of benzene rings is 2. The van der Waals surface area contributed by atoms with Crippen molar-refractivity contribution in [1.29, 1.82) is 0 Å². The van der Waals surface area contributed by atoms with E-state index in [9.17, 15) is 9.59 Å². The first-order valence-electron chi connectivity index (χ1n) is 8.09. The lowest BCUT2D eigenvalue weighted by molar-refractivity contribution is -0.121. The summed E-state index contributed by atoms with van der Waals surface area (Å²) in [7, 11) is 1.53. The molecule has 2 N–H and O–H groups in total.